The van der Waals surface area contributed by atoms with Gasteiger partial charge in [0.15, 0.2) is 5.96 Å². The lowest BCUT2D eigenvalue weighted by Gasteiger charge is -2.16. The third kappa shape index (κ3) is 6.42. The Kier molecular flexibility index (Phi) is 8.28. The Balaban J connectivity index is 2.55. The molecule has 1 unspecified atom stereocenters. The van der Waals surface area contributed by atoms with Crippen molar-refractivity contribution in [1.29, 1.82) is 0 Å². The van der Waals surface area contributed by atoms with Crippen LogP contribution in [-0.2, 0) is 16.1 Å². The number of para-hydroxylation sites is 1. The molecule has 0 amide bonds. The second-order valence-electron chi connectivity index (χ2n) is 4.94. The molecule has 1 aromatic rings. The Morgan fingerprint density at radius 3 is 2.78 bits per heavy atom. The number of carbonyl (C=O) groups excluding carboxylic acids is 1. The van der Waals surface area contributed by atoms with Crippen LogP contribution in [-0.4, -0.2) is 39.2 Å². The first-order valence-electron chi connectivity index (χ1n) is 7.46. The minimum absolute atomic E-state index is 0.248. The Labute approximate surface area is 137 Å². The van der Waals surface area contributed by atoms with Crippen LogP contribution in [0.2, 0.25) is 0 Å². The molecule has 0 aliphatic rings. The lowest BCUT2D eigenvalue weighted by molar-refractivity contribution is -0.144. The summed E-state index contributed by atoms with van der Waals surface area (Å²) in [6.45, 7) is 6.90. The van der Waals surface area contributed by atoms with Gasteiger partial charge in [-0.05, 0) is 6.07 Å². The van der Waals surface area contributed by atoms with E-state index in [9.17, 15) is 4.79 Å². The molecular weight excluding hydrogens is 294 g/mol. The third-order valence-electron chi connectivity index (χ3n) is 3.18. The second-order valence-corrected chi connectivity index (χ2v) is 4.94. The van der Waals surface area contributed by atoms with Gasteiger partial charge in [0, 0.05) is 25.7 Å². The summed E-state index contributed by atoms with van der Waals surface area (Å²) in [7, 11) is 3.06. The monoisotopic (exact) mass is 319 g/mol. The van der Waals surface area contributed by atoms with E-state index in [1.165, 1.54) is 7.11 Å². The Hall–Kier alpha value is -2.50. The summed E-state index contributed by atoms with van der Waals surface area (Å²) in [6, 6.07) is 7.77. The van der Waals surface area contributed by atoms with E-state index >= 15 is 0 Å². The number of aliphatic imine (C=N–C) groups is 1. The molecule has 6 heteroatoms. The number of methoxy groups -OCH3 is 1. The third-order valence-corrected chi connectivity index (χ3v) is 3.18. The molecule has 0 spiro atoms. The predicted molar refractivity (Wildman–Crippen MR) is 91.5 cm³/mol. The van der Waals surface area contributed by atoms with E-state index < -0.39 is 0 Å². The molecule has 0 aliphatic carbocycles. The average molecular weight is 319 g/mol. The highest BCUT2D eigenvalue weighted by molar-refractivity contribution is 5.80. The van der Waals surface area contributed by atoms with Crippen molar-refractivity contribution in [2.75, 3.05) is 27.3 Å². The smallest absolute Gasteiger partial charge is 0.310 e. The van der Waals surface area contributed by atoms with Crippen LogP contribution in [0.4, 0.5) is 0 Å². The van der Waals surface area contributed by atoms with Crippen LogP contribution >= 0.6 is 0 Å². The molecule has 0 bridgehead atoms. The zero-order chi connectivity index (χ0) is 17.1. The molecule has 126 valence electrons. The van der Waals surface area contributed by atoms with Gasteiger partial charge in [-0.15, -0.1) is 0 Å². The van der Waals surface area contributed by atoms with Crippen molar-refractivity contribution in [3.63, 3.8) is 0 Å². The van der Waals surface area contributed by atoms with Crippen molar-refractivity contribution in [1.82, 2.24) is 10.6 Å². The van der Waals surface area contributed by atoms with Gasteiger partial charge in [0.25, 0.3) is 0 Å². The molecule has 23 heavy (non-hydrogen) atoms. The van der Waals surface area contributed by atoms with Crippen LogP contribution in [0.1, 0.15) is 12.5 Å². The van der Waals surface area contributed by atoms with Gasteiger partial charge >= 0.3 is 5.97 Å². The topological polar surface area (TPSA) is 72.0 Å². The predicted octanol–water partition coefficient (Wildman–Crippen LogP) is 1.73. The largest absolute Gasteiger partial charge is 0.489 e. The number of guanidine groups is 1. The van der Waals surface area contributed by atoms with E-state index in [0.717, 1.165) is 11.3 Å². The zero-order valence-corrected chi connectivity index (χ0v) is 14.0. The second kappa shape index (κ2) is 10.3. The molecule has 0 radical (unpaired) electrons. The molecule has 0 heterocycles. The fourth-order valence-corrected chi connectivity index (χ4v) is 1.87. The Morgan fingerprint density at radius 2 is 2.13 bits per heavy atom. The number of esters is 1. The molecule has 0 saturated heterocycles. The van der Waals surface area contributed by atoms with Crippen molar-refractivity contribution < 1.29 is 14.3 Å². The molecule has 0 saturated carbocycles. The molecule has 1 aromatic carbocycles. The molecule has 0 aliphatic heterocycles. The van der Waals surface area contributed by atoms with Gasteiger partial charge in [-0.3, -0.25) is 9.79 Å². The first kappa shape index (κ1) is 18.5. The van der Waals surface area contributed by atoms with Crippen molar-refractivity contribution in [3.8, 4) is 5.75 Å². The number of nitrogens with zero attached hydrogens (tertiary/aromatic N) is 1. The van der Waals surface area contributed by atoms with E-state index in [4.69, 9.17) is 9.47 Å². The van der Waals surface area contributed by atoms with E-state index in [2.05, 4.69) is 22.2 Å². The highest BCUT2D eigenvalue weighted by atomic mass is 16.5. The highest BCUT2D eigenvalue weighted by Crippen LogP contribution is 2.17. The van der Waals surface area contributed by atoms with Gasteiger partial charge in [-0.25, -0.2) is 0 Å². The number of ether oxygens (including phenoxy) is 2. The lowest BCUT2D eigenvalue weighted by atomic mass is 10.2. The first-order valence-corrected chi connectivity index (χ1v) is 7.46. The minimum Gasteiger partial charge on any atom is -0.489 e. The van der Waals surface area contributed by atoms with E-state index in [1.54, 1.807) is 20.0 Å². The lowest BCUT2D eigenvalue weighted by Crippen LogP contribution is -2.40. The number of benzene rings is 1. The Morgan fingerprint density at radius 1 is 1.39 bits per heavy atom. The van der Waals surface area contributed by atoms with Gasteiger partial charge in [-0.2, -0.15) is 0 Å². The number of nitrogens with one attached hydrogen (secondary N) is 2. The average Bonchev–Trinajstić information content (AvgIpc) is 2.59. The number of carbonyl (C=O) groups is 1. The molecule has 6 nitrogen and oxygen atoms in total. The van der Waals surface area contributed by atoms with Gasteiger partial charge in [0.1, 0.15) is 12.4 Å². The highest BCUT2D eigenvalue weighted by Gasteiger charge is 2.13. The van der Waals surface area contributed by atoms with Crippen LogP contribution in [0.25, 0.3) is 0 Å². The standard InChI is InChI=1S/C17H25N3O3/c1-5-10-23-15-9-7-6-8-14(15)12-20-17(18-3)19-11-13(2)16(21)22-4/h5-9,13H,1,10-12H2,2-4H3,(H2,18,19,20). The van der Waals surface area contributed by atoms with Crippen molar-refractivity contribution >= 4 is 11.9 Å². The molecular formula is C17H25N3O3. The van der Waals surface area contributed by atoms with Gasteiger partial charge in [0.2, 0.25) is 0 Å². The normalized spacial score (nSPS) is 12.2. The fraction of sp³-hybridized carbons (Fsp3) is 0.412. The van der Waals surface area contributed by atoms with E-state index in [-0.39, 0.29) is 11.9 Å². The summed E-state index contributed by atoms with van der Waals surface area (Å²) in [4.78, 5) is 15.5. The maximum atomic E-state index is 11.4. The molecule has 2 N–H and O–H groups in total. The summed E-state index contributed by atoms with van der Waals surface area (Å²) in [6.07, 6.45) is 1.71. The zero-order valence-electron chi connectivity index (χ0n) is 14.0. The summed E-state index contributed by atoms with van der Waals surface area (Å²) < 4.78 is 10.3. The van der Waals surface area contributed by atoms with Crippen LogP contribution in [0.5, 0.6) is 5.75 Å². The van der Waals surface area contributed by atoms with Crippen LogP contribution in [0.15, 0.2) is 41.9 Å². The van der Waals surface area contributed by atoms with Crippen LogP contribution < -0.4 is 15.4 Å². The van der Waals surface area contributed by atoms with E-state index in [1.807, 2.05) is 24.3 Å². The number of hydrogen-bond acceptors (Lipinski definition) is 4. The summed E-state index contributed by atoms with van der Waals surface area (Å²) in [5, 5.41) is 6.29. The maximum absolute atomic E-state index is 11.4. The van der Waals surface area contributed by atoms with Gasteiger partial charge in [0.05, 0.1) is 13.0 Å². The Bertz CT molecular complexity index is 544. The quantitative estimate of drug-likeness (QED) is 0.330. The van der Waals surface area contributed by atoms with Crippen molar-refractivity contribution in [2.24, 2.45) is 10.9 Å². The van der Waals surface area contributed by atoms with Gasteiger partial charge in [-0.1, -0.05) is 37.8 Å². The van der Waals surface area contributed by atoms with Crippen LogP contribution in [0.3, 0.4) is 0 Å². The molecule has 1 atom stereocenters. The summed E-state index contributed by atoms with van der Waals surface area (Å²) >= 11 is 0. The van der Waals surface area contributed by atoms with E-state index in [0.29, 0.717) is 25.7 Å². The van der Waals surface area contributed by atoms with Crippen LogP contribution in [0, 0.1) is 5.92 Å². The number of hydrogen-bond donors (Lipinski definition) is 2. The maximum Gasteiger partial charge on any atom is 0.310 e. The number of rotatable bonds is 8. The SMILES string of the molecule is C=CCOc1ccccc1CNC(=NC)NCC(C)C(=O)OC. The fourth-order valence-electron chi connectivity index (χ4n) is 1.87. The summed E-state index contributed by atoms with van der Waals surface area (Å²) in [5.74, 6) is 0.912. The summed E-state index contributed by atoms with van der Waals surface area (Å²) in [5.41, 5.74) is 1.01. The van der Waals surface area contributed by atoms with Crippen molar-refractivity contribution in [3.05, 3.63) is 42.5 Å². The molecule has 0 fully saturated rings. The van der Waals surface area contributed by atoms with Crippen molar-refractivity contribution in [2.45, 2.75) is 13.5 Å². The van der Waals surface area contributed by atoms with Gasteiger partial charge < -0.3 is 20.1 Å². The molecule has 1 rings (SSSR count). The first-order chi connectivity index (χ1) is 11.1. The minimum atomic E-state index is -0.254. The molecule has 0 aromatic heterocycles.